The number of methoxy groups -OCH3 is 1. The maximum atomic E-state index is 12.4. The van der Waals surface area contributed by atoms with E-state index in [2.05, 4.69) is 50.2 Å². The summed E-state index contributed by atoms with van der Waals surface area (Å²) < 4.78 is 18.4. The molecule has 0 fully saturated rings. The average Bonchev–Trinajstić information content (AvgIpc) is 3.18. The van der Waals surface area contributed by atoms with Crippen LogP contribution in [0.2, 0.25) is 0 Å². The lowest BCUT2D eigenvalue weighted by molar-refractivity contribution is -0.129. The van der Waals surface area contributed by atoms with E-state index < -0.39 is 5.97 Å². The summed E-state index contributed by atoms with van der Waals surface area (Å²) in [5, 5.41) is 0. The van der Waals surface area contributed by atoms with Crippen LogP contribution < -0.4 is 9.47 Å². The van der Waals surface area contributed by atoms with E-state index in [1.807, 2.05) is 36.4 Å². The Balaban J connectivity index is 1.56. The fourth-order valence-corrected chi connectivity index (χ4v) is 4.23. The second-order valence-electron chi connectivity index (χ2n) is 6.95. The zero-order chi connectivity index (χ0) is 23.4. The molecule has 4 rings (SSSR count). The van der Waals surface area contributed by atoms with Gasteiger partial charge in [0, 0.05) is 14.7 Å². The van der Waals surface area contributed by atoms with Crippen molar-refractivity contribution < 1.29 is 23.8 Å². The number of rotatable bonds is 7. The molecule has 0 saturated heterocycles. The Morgan fingerprint density at radius 2 is 1.79 bits per heavy atom. The van der Waals surface area contributed by atoms with Gasteiger partial charge in [-0.1, -0.05) is 30.3 Å². The smallest absolute Gasteiger partial charge is 0.363 e. The number of benzene rings is 3. The predicted molar refractivity (Wildman–Crippen MR) is 142 cm³/mol. The molecule has 8 heteroatoms. The lowest BCUT2D eigenvalue weighted by Crippen LogP contribution is -2.12. The number of halogens is 2. The summed E-state index contributed by atoms with van der Waals surface area (Å²) in [6.07, 6.45) is 1.63. The first-order chi connectivity index (χ1) is 15.9. The largest absolute Gasteiger partial charge is 0.493 e. The van der Waals surface area contributed by atoms with Crippen LogP contribution in [-0.2, 0) is 9.53 Å². The number of ketones is 1. The minimum absolute atomic E-state index is 0.118. The first-order valence-corrected chi connectivity index (χ1v) is 12.0. The number of esters is 1. The highest BCUT2D eigenvalue weighted by atomic mass is 127. The number of Topliss-reactive ketones (excluding diaryl/α,β-unsaturated/α-hetero) is 1. The lowest BCUT2D eigenvalue weighted by Gasteiger charge is -2.13. The van der Waals surface area contributed by atoms with Crippen LogP contribution in [0.5, 0.6) is 11.5 Å². The molecule has 3 aromatic carbocycles. The Morgan fingerprint density at radius 3 is 2.48 bits per heavy atom. The molecule has 0 bridgehead atoms. The van der Waals surface area contributed by atoms with Crippen LogP contribution in [0, 0.1) is 7.14 Å². The summed E-state index contributed by atoms with van der Waals surface area (Å²) in [6, 6.07) is 20.0. The molecule has 1 aliphatic rings. The van der Waals surface area contributed by atoms with Gasteiger partial charge in [-0.15, -0.1) is 0 Å². The number of carbonyl (C=O) groups is 2. The van der Waals surface area contributed by atoms with Crippen molar-refractivity contribution in [1.29, 1.82) is 0 Å². The molecule has 0 N–H and O–H groups in total. The average molecular weight is 665 g/mol. The molecular weight excluding hydrogens is 648 g/mol. The summed E-state index contributed by atoms with van der Waals surface area (Å²) in [5.41, 5.74) is 2.19. The van der Waals surface area contributed by atoms with Crippen LogP contribution in [0.25, 0.3) is 6.08 Å². The number of hydrogen-bond acceptors (Lipinski definition) is 6. The number of ether oxygens (including phenoxy) is 3. The molecule has 1 heterocycles. The Labute approximate surface area is 217 Å². The maximum absolute atomic E-state index is 12.4. The van der Waals surface area contributed by atoms with E-state index >= 15 is 0 Å². The Morgan fingerprint density at radius 1 is 1.06 bits per heavy atom. The van der Waals surface area contributed by atoms with Crippen molar-refractivity contribution in [2.45, 2.75) is 0 Å². The fraction of sp³-hybridized carbons (Fsp3) is 0.0800. The first kappa shape index (κ1) is 23.4. The van der Waals surface area contributed by atoms with Crippen LogP contribution >= 0.6 is 45.2 Å². The summed E-state index contributed by atoms with van der Waals surface area (Å²) in [6.45, 7) is -0.118. The first-order valence-electron chi connectivity index (χ1n) is 9.81. The maximum Gasteiger partial charge on any atom is 0.363 e. The van der Waals surface area contributed by atoms with Crippen LogP contribution in [-0.4, -0.2) is 31.4 Å². The van der Waals surface area contributed by atoms with Crippen LogP contribution in [0.15, 0.2) is 77.4 Å². The number of hydrogen-bond donors (Lipinski definition) is 0. The Bertz CT molecular complexity index is 1270. The van der Waals surface area contributed by atoms with Gasteiger partial charge < -0.3 is 14.2 Å². The van der Waals surface area contributed by atoms with E-state index in [-0.39, 0.29) is 24.0 Å². The van der Waals surface area contributed by atoms with Gasteiger partial charge in [0.2, 0.25) is 5.90 Å². The van der Waals surface area contributed by atoms with Crippen LogP contribution in [0.4, 0.5) is 0 Å². The third kappa shape index (κ3) is 5.61. The van der Waals surface area contributed by atoms with Gasteiger partial charge in [0.05, 0.1) is 10.7 Å². The standard InChI is InChI=1S/C25H17I2NO5/c1-31-22-13-15(11-19(27)23(22)32-14-21(29)16-5-3-2-4-6-16)12-20-25(30)33-24(28-20)17-7-9-18(26)10-8-17/h2-13H,14H2,1H3/b20-12-. The van der Waals surface area contributed by atoms with Crippen molar-refractivity contribution in [3.05, 3.63) is 96.3 Å². The molecule has 33 heavy (non-hydrogen) atoms. The molecule has 6 nitrogen and oxygen atoms in total. The van der Waals surface area contributed by atoms with Crippen molar-refractivity contribution in [2.75, 3.05) is 13.7 Å². The molecule has 0 spiro atoms. The number of cyclic esters (lactones) is 1. The number of carbonyl (C=O) groups excluding carboxylic acids is 2. The SMILES string of the molecule is COc1cc(/C=C2\N=C(c3ccc(I)cc3)OC2=O)cc(I)c1OCC(=O)c1ccccc1. The van der Waals surface area contributed by atoms with E-state index in [0.29, 0.717) is 22.6 Å². The van der Waals surface area contributed by atoms with Gasteiger partial charge in [0.15, 0.2) is 29.6 Å². The van der Waals surface area contributed by atoms with Gasteiger partial charge in [0.25, 0.3) is 0 Å². The number of aliphatic imine (C=N–C) groups is 1. The minimum atomic E-state index is -0.522. The third-order valence-corrected chi connectivity index (χ3v) is 6.23. The quantitative estimate of drug-likeness (QED) is 0.144. The van der Waals surface area contributed by atoms with Gasteiger partial charge in [-0.2, -0.15) is 0 Å². The van der Waals surface area contributed by atoms with Crippen LogP contribution in [0.3, 0.4) is 0 Å². The molecule has 0 amide bonds. The van der Waals surface area contributed by atoms with Crippen molar-refractivity contribution in [3.63, 3.8) is 0 Å². The van der Waals surface area contributed by atoms with E-state index in [0.717, 1.165) is 12.7 Å². The zero-order valence-electron chi connectivity index (χ0n) is 17.4. The molecule has 166 valence electrons. The fourth-order valence-electron chi connectivity index (χ4n) is 3.09. The normalized spacial score (nSPS) is 14.1. The van der Waals surface area contributed by atoms with E-state index in [4.69, 9.17) is 14.2 Å². The van der Waals surface area contributed by atoms with Gasteiger partial charge in [-0.25, -0.2) is 9.79 Å². The van der Waals surface area contributed by atoms with E-state index in [1.165, 1.54) is 7.11 Å². The van der Waals surface area contributed by atoms with Crippen molar-refractivity contribution in [2.24, 2.45) is 4.99 Å². The van der Waals surface area contributed by atoms with Gasteiger partial charge in [-0.3, -0.25) is 4.79 Å². The minimum Gasteiger partial charge on any atom is -0.493 e. The van der Waals surface area contributed by atoms with Crippen molar-refractivity contribution in [1.82, 2.24) is 0 Å². The van der Waals surface area contributed by atoms with Gasteiger partial charge in [0.1, 0.15) is 0 Å². The van der Waals surface area contributed by atoms with Crippen LogP contribution in [0.1, 0.15) is 21.5 Å². The summed E-state index contributed by atoms with van der Waals surface area (Å²) in [7, 11) is 1.52. The highest BCUT2D eigenvalue weighted by Crippen LogP contribution is 2.35. The second kappa shape index (κ2) is 10.5. The molecule has 0 radical (unpaired) electrons. The van der Waals surface area contributed by atoms with E-state index in [1.54, 1.807) is 36.4 Å². The molecule has 0 unspecified atom stereocenters. The Kier molecular flexibility index (Phi) is 7.43. The van der Waals surface area contributed by atoms with Crippen molar-refractivity contribution >= 4 is 68.9 Å². The highest BCUT2D eigenvalue weighted by molar-refractivity contribution is 14.1. The van der Waals surface area contributed by atoms with Gasteiger partial charge in [-0.05, 0) is 93.2 Å². The monoisotopic (exact) mass is 665 g/mol. The zero-order valence-corrected chi connectivity index (χ0v) is 21.7. The molecule has 1 aliphatic heterocycles. The van der Waals surface area contributed by atoms with Crippen molar-refractivity contribution in [3.8, 4) is 11.5 Å². The molecule has 0 aromatic heterocycles. The summed E-state index contributed by atoms with van der Waals surface area (Å²) in [4.78, 5) is 29.1. The molecule has 3 aromatic rings. The van der Waals surface area contributed by atoms with E-state index in [9.17, 15) is 9.59 Å². The summed E-state index contributed by atoms with van der Waals surface area (Å²) >= 11 is 4.31. The third-order valence-electron chi connectivity index (χ3n) is 4.71. The van der Waals surface area contributed by atoms with Gasteiger partial charge >= 0.3 is 5.97 Å². The topological polar surface area (TPSA) is 74.2 Å². The summed E-state index contributed by atoms with van der Waals surface area (Å²) in [5.74, 6) is 0.519. The highest BCUT2D eigenvalue weighted by Gasteiger charge is 2.24. The molecule has 0 atom stereocenters. The Hall–Kier alpha value is -2.73. The molecule has 0 saturated carbocycles. The predicted octanol–water partition coefficient (Wildman–Crippen LogP) is 5.51. The number of nitrogens with zero attached hydrogens (tertiary/aromatic N) is 1. The second-order valence-corrected chi connectivity index (χ2v) is 9.36. The molecule has 0 aliphatic carbocycles. The molecular formula is C25H17I2NO5. The lowest BCUT2D eigenvalue weighted by atomic mass is 10.1.